The molecule has 13 heavy (non-hydrogen) atoms. The number of amides is 2. The van der Waals surface area contributed by atoms with Gasteiger partial charge < -0.3 is 10.6 Å². The van der Waals surface area contributed by atoms with Crippen LogP contribution in [0.1, 0.15) is 0 Å². The molecule has 1 aromatic carbocycles. The standard InChI is InChI=1S/C9H12N2OS/c1-10-9(12)11-7-3-5-8(13-2)6-4-7/h3-6H,1-2H3,(H2,10,11,12). The molecule has 0 aliphatic carbocycles. The van der Waals surface area contributed by atoms with Gasteiger partial charge in [-0.25, -0.2) is 4.79 Å². The number of thioether (sulfide) groups is 1. The Kier molecular flexibility index (Phi) is 3.64. The molecule has 0 saturated carbocycles. The van der Waals surface area contributed by atoms with Gasteiger partial charge in [0.05, 0.1) is 0 Å². The second-order valence-electron chi connectivity index (χ2n) is 2.43. The summed E-state index contributed by atoms with van der Waals surface area (Å²) in [5.74, 6) is 0. The van der Waals surface area contributed by atoms with Gasteiger partial charge in [0, 0.05) is 17.6 Å². The molecule has 4 heteroatoms. The molecule has 3 nitrogen and oxygen atoms in total. The molecular weight excluding hydrogens is 184 g/mol. The van der Waals surface area contributed by atoms with E-state index in [0.717, 1.165) is 5.69 Å². The maximum Gasteiger partial charge on any atom is 0.318 e. The second-order valence-corrected chi connectivity index (χ2v) is 3.31. The van der Waals surface area contributed by atoms with Gasteiger partial charge in [0.25, 0.3) is 0 Å². The monoisotopic (exact) mass is 196 g/mol. The Bertz CT molecular complexity index is 284. The summed E-state index contributed by atoms with van der Waals surface area (Å²) in [7, 11) is 1.59. The number of nitrogens with one attached hydrogen (secondary N) is 2. The smallest absolute Gasteiger partial charge is 0.318 e. The van der Waals surface area contributed by atoms with Crippen LogP contribution in [0.4, 0.5) is 10.5 Å². The van der Waals surface area contributed by atoms with Crippen molar-refractivity contribution < 1.29 is 4.79 Å². The quantitative estimate of drug-likeness (QED) is 0.712. The van der Waals surface area contributed by atoms with Crippen molar-refractivity contribution in [1.82, 2.24) is 5.32 Å². The number of hydrogen-bond donors (Lipinski definition) is 2. The van der Waals surface area contributed by atoms with Crippen LogP contribution < -0.4 is 10.6 Å². The van der Waals surface area contributed by atoms with E-state index in [2.05, 4.69) is 10.6 Å². The van der Waals surface area contributed by atoms with Crippen LogP contribution in [0.25, 0.3) is 0 Å². The van der Waals surface area contributed by atoms with E-state index in [4.69, 9.17) is 0 Å². The number of carbonyl (C=O) groups is 1. The van der Waals surface area contributed by atoms with Crippen molar-refractivity contribution in [2.45, 2.75) is 4.90 Å². The first-order valence-electron chi connectivity index (χ1n) is 3.89. The molecule has 70 valence electrons. The van der Waals surface area contributed by atoms with Crippen molar-refractivity contribution in [3.05, 3.63) is 24.3 Å². The summed E-state index contributed by atoms with van der Waals surface area (Å²) in [6.45, 7) is 0. The Labute approximate surface area is 81.9 Å². The van der Waals surface area contributed by atoms with Gasteiger partial charge in [-0.1, -0.05) is 0 Å². The van der Waals surface area contributed by atoms with E-state index in [1.807, 2.05) is 30.5 Å². The van der Waals surface area contributed by atoms with Gasteiger partial charge in [0.1, 0.15) is 0 Å². The van der Waals surface area contributed by atoms with Crippen molar-refractivity contribution in [2.75, 3.05) is 18.6 Å². The summed E-state index contributed by atoms with van der Waals surface area (Å²) in [4.78, 5) is 12.1. The molecule has 0 unspecified atom stereocenters. The lowest BCUT2D eigenvalue weighted by Crippen LogP contribution is -2.24. The van der Waals surface area contributed by atoms with E-state index in [1.54, 1.807) is 18.8 Å². The van der Waals surface area contributed by atoms with Gasteiger partial charge in [-0.05, 0) is 30.5 Å². The van der Waals surface area contributed by atoms with Gasteiger partial charge in [-0.15, -0.1) is 11.8 Å². The summed E-state index contributed by atoms with van der Waals surface area (Å²) in [5.41, 5.74) is 0.803. The number of benzene rings is 1. The predicted molar refractivity (Wildman–Crippen MR) is 56.3 cm³/mol. The van der Waals surface area contributed by atoms with E-state index < -0.39 is 0 Å². The maximum atomic E-state index is 10.9. The first kappa shape index (κ1) is 9.92. The summed E-state index contributed by atoms with van der Waals surface area (Å²) < 4.78 is 0. The van der Waals surface area contributed by atoms with Crippen molar-refractivity contribution in [3.8, 4) is 0 Å². The molecule has 0 bridgehead atoms. The molecular formula is C9H12N2OS. The van der Waals surface area contributed by atoms with Gasteiger partial charge in [0.15, 0.2) is 0 Å². The first-order chi connectivity index (χ1) is 6.26. The van der Waals surface area contributed by atoms with E-state index in [1.165, 1.54) is 4.90 Å². The van der Waals surface area contributed by atoms with Crippen molar-refractivity contribution in [3.63, 3.8) is 0 Å². The molecule has 2 amide bonds. The molecule has 0 spiro atoms. The van der Waals surface area contributed by atoms with Crippen LogP contribution in [-0.2, 0) is 0 Å². The largest absolute Gasteiger partial charge is 0.341 e. The highest BCUT2D eigenvalue weighted by atomic mass is 32.2. The average Bonchev–Trinajstić information content (AvgIpc) is 2.19. The minimum atomic E-state index is -0.197. The number of hydrogen-bond acceptors (Lipinski definition) is 2. The molecule has 0 aromatic heterocycles. The third-order valence-corrected chi connectivity index (χ3v) is 2.32. The summed E-state index contributed by atoms with van der Waals surface area (Å²) in [6, 6.07) is 7.49. The van der Waals surface area contributed by atoms with Crippen LogP contribution in [0.15, 0.2) is 29.2 Å². The highest BCUT2D eigenvalue weighted by Crippen LogP contribution is 2.17. The summed E-state index contributed by atoms with van der Waals surface area (Å²) >= 11 is 1.67. The molecule has 0 radical (unpaired) electrons. The Morgan fingerprint density at radius 2 is 1.92 bits per heavy atom. The second kappa shape index (κ2) is 4.77. The molecule has 0 atom stereocenters. The van der Waals surface area contributed by atoms with Crippen LogP contribution in [0.5, 0.6) is 0 Å². The van der Waals surface area contributed by atoms with Gasteiger partial charge >= 0.3 is 6.03 Å². The average molecular weight is 196 g/mol. The summed E-state index contributed by atoms with van der Waals surface area (Å²) in [6.07, 6.45) is 2.02. The molecule has 1 aromatic rings. The number of rotatable bonds is 2. The third kappa shape index (κ3) is 2.99. The Morgan fingerprint density at radius 3 is 2.38 bits per heavy atom. The fourth-order valence-corrected chi connectivity index (χ4v) is 1.28. The SMILES string of the molecule is CNC(=O)Nc1ccc(SC)cc1. The molecule has 0 heterocycles. The molecule has 0 aliphatic heterocycles. The number of anilines is 1. The zero-order valence-electron chi connectivity index (χ0n) is 7.63. The first-order valence-corrected chi connectivity index (χ1v) is 5.11. The Balaban J connectivity index is 2.64. The van der Waals surface area contributed by atoms with Crippen LogP contribution >= 0.6 is 11.8 Å². The molecule has 0 aliphatic rings. The summed E-state index contributed by atoms with van der Waals surface area (Å²) in [5, 5.41) is 5.17. The minimum absolute atomic E-state index is 0.197. The van der Waals surface area contributed by atoms with E-state index in [0.29, 0.717) is 0 Å². The predicted octanol–water partition coefficient (Wildman–Crippen LogP) is 2.16. The van der Waals surface area contributed by atoms with Crippen LogP contribution in [0.3, 0.4) is 0 Å². The van der Waals surface area contributed by atoms with E-state index >= 15 is 0 Å². The fraction of sp³-hybridized carbons (Fsp3) is 0.222. The van der Waals surface area contributed by atoms with Crippen molar-refractivity contribution in [1.29, 1.82) is 0 Å². The highest BCUT2D eigenvalue weighted by molar-refractivity contribution is 7.98. The zero-order chi connectivity index (χ0) is 9.68. The Hall–Kier alpha value is -1.16. The van der Waals surface area contributed by atoms with E-state index in [-0.39, 0.29) is 6.03 Å². The number of urea groups is 1. The number of carbonyl (C=O) groups excluding carboxylic acids is 1. The highest BCUT2D eigenvalue weighted by Gasteiger charge is 1.97. The normalized spacial score (nSPS) is 9.38. The molecule has 1 rings (SSSR count). The Morgan fingerprint density at radius 1 is 1.31 bits per heavy atom. The minimum Gasteiger partial charge on any atom is -0.341 e. The maximum absolute atomic E-state index is 10.9. The topological polar surface area (TPSA) is 41.1 Å². The fourth-order valence-electron chi connectivity index (χ4n) is 0.868. The lowest BCUT2D eigenvalue weighted by Gasteiger charge is -2.04. The third-order valence-electron chi connectivity index (χ3n) is 1.57. The van der Waals surface area contributed by atoms with Crippen LogP contribution in [-0.4, -0.2) is 19.3 Å². The lowest BCUT2D eigenvalue weighted by molar-refractivity contribution is 0.254. The van der Waals surface area contributed by atoms with Gasteiger partial charge in [-0.3, -0.25) is 0 Å². The molecule has 2 N–H and O–H groups in total. The molecule has 0 fully saturated rings. The van der Waals surface area contributed by atoms with Gasteiger partial charge in [0.2, 0.25) is 0 Å². The van der Waals surface area contributed by atoms with Crippen molar-refractivity contribution >= 4 is 23.5 Å². The van der Waals surface area contributed by atoms with Crippen LogP contribution in [0.2, 0.25) is 0 Å². The van der Waals surface area contributed by atoms with E-state index in [9.17, 15) is 4.79 Å². The van der Waals surface area contributed by atoms with Crippen molar-refractivity contribution in [2.24, 2.45) is 0 Å². The zero-order valence-corrected chi connectivity index (χ0v) is 8.44. The molecule has 0 saturated heterocycles. The van der Waals surface area contributed by atoms with Crippen LogP contribution in [0, 0.1) is 0 Å². The lowest BCUT2D eigenvalue weighted by atomic mass is 10.3. The van der Waals surface area contributed by atoms with Gasteiger partial charge in [-0.2, -0.15) is 0 Å².